The van der Waals surface area contributed by atoms with Crippen molar-refractivity contribution in [1.82, 2.24) is 71.1 Å². The van der Waals surface area contributed by atoms with E-state index in [1.807, 2.05) is 65.6 Å². The van der Waals surface area contributed by atoms with Crippen molar-refractivity contribution in [3.8, 4) is 52.8 Å². The van der Waals surface area contributed by atoms with E-state index in [1.165, 1.54) is 107 Å². The number of benzene rings is 7. The lowest BCUT2D eigenvalue weighted by Gasteiger charge is -2.41. The number of amides is 12. The Bertz CT molecular complexity index is 5780. The molecule has 0 aromatic heterocycles. The van der Waals surface area contributed by atoms with Gasteiger partial charge in [-0.25, -0.2) is 14.4 Å². The predicted octanol–water partition coefficient (Wildman–Crippen LogP) is 7.36. The highest BCUT2D eigenvalue weighted by molar-refractivity contribution is 6.12. The van der Waals surface area contributed by atoms with E-state index in [-0.39, 0.29) is 57.0 Å². The van der Waals surface area contributed by atoms with Crippen molar-refractivity contribution in [2.45, 2.75) is 119 Å². The van der Waals surface area contributed by atoms with E-state index in [0.717, 1.165) is 105 Å². The first-order valence-electron chi connectivity index (χ1n) is 44.1. The van der Waals surface area contributed by atoms with Crippen LogP contribution in [0, 0.1) is 35.5 Å². The second-order valence-corrected chi connectivity index (χ2v) is 34.0. The highest BCUT2D eigenvalue weighted by Crippen LogP contribution is 2.35. The number of nitrogens with one attached hydrogen (secondary N) is 6. The molecule has 33 nitrogen and oxygen atoms in total. The third-order valence-electron chi connectivity index (χ3n) is 26.0. The van der Waals surface area contributed by atoms with Gasteiger partial charge in [0.15, 0.2) is 17.5 Å². The number of methoxy groups -OCH3 is 3. The molecule has 8 fully saturated rings. The molecule has 12 amide bonds. The number of rotatable bonds is 15. The number of para-hydroxylation sites is 1. The van der Waals surface area contributed by atoms with Gasteiger partial charge < -0.3 is 80.1 Å². The van der Waals surface area contributed by atoms with Crippen molar-refractivity contribution in [3.05, 3.63) is 224 Å². The van der Waals surface area contributed by atoms with Gasteiger partial charge in [0.2, 0.25) is 16.6 Å². The van der Waals surface area contributed by atoms with Gasteiger partial charge in [0.25, 0.3) is 35.4 Å². The second kappa shape index (κ2) is 39.3. The molecule has 11 aliphatic rings. The van der Waals surface area contributed by atoms with Gasteiger partial charge in [0, 0.05) is 166 Å². The lowest BCUT2D eigenvalue weighted by molar-refractivity contribution is -0.123. The molecule has 9 N–H and O–H groups in total. The number of anilines is 1. The molecule has 7 aromatic rings. The van der Waals surface area contributed by atoms with E-state index >= 15 is 0 Å². The van der Waals surface area contributed by atoms with Crippen molar-refractivity contribution in [1.29, 1.82) is 0 Å². The van der Waals surface area contributed by atoms with Crippen molar-refractivity contribution in [2.75, 3.05) is 124 Å². The van der Waals surface area contributed by atoms with Crippen molar-refractivity contribution in [2.24, 2.45) is 15.5 Å². The summed E-state index contributed by atoms with van der Waals surface area (Å²) in [5.41, 5.74) is 4.30. The van der Waals surface area contributed by atoms with Gasteiger partial charge in [-0.2, -0.15) is 0 Å². The van der Waals surface area contributed by atoms with Gasteiger partial charge in [0.05, 0.1) is 41.0 Å². The maximum atomic E-state index is 13.2. The number of oxime groups is 3. The van der Waals surface area contributed by atoms with Crippen LogP contribution in [0.5, 0.6) is 17.2 Å². The Kier molecular flexibility index (Phi) is 26.9. The molecule has 9 heterocycles. The number of nitrogens with zero attached hydrogens (tertiary/aromatic N) is 12. The summed E-state index contributed by atoms with van der Waals surface area (Å²) in [7, 11) is 4.59. The summed E-state index contributed by atoms with van der Waals surface area (Å²) in [4.78, 5) is 133. The first-order valence-corrected chi connectivity index (χ1v) is 44.1. The number of piperazine rings is 3. The van der Waals surface area contributed by atoms with Crippen LogP contribution in [-0.2, 0) is 34.0 Å². The zero-order valence-electron chi connectivity index (χ0n) is 72.8. The molecule has 3 atom stereocenters. The van der Waals surface area contributed by atoms with Gasteiger partial charge >= 0.3 is 18.1 Å². The smallest absolute Gasteiger partial charge is 0.323 e. The largest absolute Gasteiger partial charge is 0.497 e. The third-order valence-corrected chi connectivity index (χ3v) is 26.0. The fourth-order valence-electron chi connectivity index (χ4n) is 18.9. The van der Waals surface area contributed by atoms with Gasteiger partial charge in [-0.1, -0.05) is 132 Å². The van der Waals surface area contributed by atoms with Gasteiger partial charge in [-0.15, -0.1) is 0 Å². The summed E-state index contributed by atoms with van der Waals surface area (Å²) in [6.45, 7) is 10.4. The number of carbonyl (C=O) groups is 9. The fourth-order valence-corrected chi connectivity index (χ4v) is 18.9. The molecule has 9 aliphatic heterocycles. The second-order valence-electron chi connectivity index (χ2n) is 34.0. The Morgan fingerprint density at radius 1 is 0.369 bits per heavy atom. The minimum absolute atomic E-state index is 0.111. The molecule has 7 aromatic carbocycles. The molecule has 2 saturated carbocycles. The summed E-state index contributed by atoms with van der Waals surface area (Å²) in [6.07, 6.45) is 14.3. The Morgan fingerprint density at radius 3 is 0.938 bits per heavy atom. The van der Waals surface area contributed by atoms with Crippen LogP contribution in [0.4, 0.5) is 20.1 Å². The van der Waals surface area contributed by atoms with E-state index in [1.54, 1.807) is 84.9 Å². The average Bonchev–Trinajstić information content (AvgIpc) is 1.63. The quantitative estimate of drug-likeness (QED) is 0.00920. The summed E-state index contributed by atoms with van der Waals surface area (Å²) >= 11 is 0. The van der Waals surface area contributed by atoms with Crippen LogP contribution < -0.4 is 51.0 Å². The van der Waals surface area contributed by atoms with E-state index in [0.29, 0.717) is 93.3 Å². The molecule has 0 unspecified atom stereocenters. The van der Waals surface area contributed by atoms with Crippen molar-refractivity contribution in [3.63, 3.8) is 0 Å². The zero-order chi connectivity index (χ0) is 90.6. The number of imide groups is 3. The average molecular weight is 1760 g/mol. The van der Waals surface area contributed by atoms with E-state index < -0.39 is 52.4 Å². The predicted molar refractivity (Wildman–Crippen MR) is 481 cm³/mol. The number of urea groups is 3. The van der Waals surface area contributed by atoms with Crippen molar-refractivity contribution < 1.29 is 73.0 Å². The molecule has 0 bridgehead atoms. The fraction of sp³-hybridized carbons (Fsp3) is 0.381. The summed E-state index contributed by atoms with van der Waals surface area (Å²) in [6, 6.07) is 47.0. The molecule has 672 valence electrons. The summed E-state index contributed by atoms with van der Waals surface area (Å²) in [5, 5.41) is 55.2. The van der Waals surface area contributed by atoms with Crippen LogP contribution in [0.1, 0.15) is 152 Å². The highest BCUT2D eigenvalue weighted by Gasteiger charge is 2.52. The molecule has 6 saturated heterocycles. The van der Waals surface area contributed by atoms with Gasteiger partial charge in [-0.3, -0.25) is 54.5 Å². The van der Waals surface area contributed by atoms with Crippen molar-refractivity contribution >= 4 is 76.7 Å². The number of hydrogen-bond acceptors (Lipinski definition) is 21. The topological polar surface area (TPSA) is 380 Å². The standard InChI is InChI=1S/C33H38N6O5.C32H36N6O5.C32H30N6O5/c1-44-27-13-12-25-21-39(30(40)28(25)20-27)22-33(31(41)34-32(42)35-33)15-14-23-8-10-24(11-9-23)29(36-43)38-18-16-37(17-19-38)26-6-4-2-3-5-7-26;2*1-43-26-12-11-24-20-38(29(39)27(24)19-26)21-32(30(40)33-31(41)34-32)14-13-22-7-9-23(10-8-22)28(35-42)37-17-15-36(16-18-37)25-5-3-2-4-6-25/h8-13,20,26,43H,2-7,16-19,21-22H2,1H3,(H2,34,35,41,42);7-12,19,25,42H,2-6,15-18,20-21H2,1H3,(H2,33,34,40,41);2-12,19,42H,15-18,20-21H2,1H3,(H2,33,34,40,41)/t33-;2*32-/m111/s1. The zero-order valence-corrected chi connectivity index (χ0v) is 72.8. The highest BCUT2D eigenvalue weighted by atomic mass is 16.5. The molecule has 0 radical (unpaired) electrons. The van der Waals surface area contributed by atoms with Crippen LogP contribution in [0.3, 0.4) is 0 Å². The summed E-state index contributed by atoms with van der Waals surface area (Å²) < 4.78 is 15.7. The molecule has 2 aliphatic carbocycles. The molecule has 33 heteroatoms. The SMILES string of the molecule is COc1ccc2c(c1)C(=O)N(C[C@@]1(C#Cc3ccc(C(=NO)N4CCN(C5CCCCC5)CC4)cc3)NC(=O)NC1=O)C2.COc1ccc2c(c1)C(=O)N(C[C@@]1(C#Cc3ccc(C(=NO)N4CCN(C5CCCCCC5)CC4)cc3)NC(=O)NC1=O)C2.COc1ccc2c(c1)C(=O)N(C[C@@]1(C#Cc3ccc(C(=NO)N4CCN(c5ccccc5)CC4)cc3)NC(=O)NC1=O)C2. The van der Waals surface area contributed by atoms with Gasteiger partial charge in [0.1, 0.15) is 17.2 Å². The molecular formula is C97H104N18O15. The first kappa shape index (κ1) is 88.8. The lowest BCUT2D eigenvalue weighted by Crippen LogP contribution is -2.54. The molecule has 130 heavy (non-hydrogen) atoms. The molecule has 0 spiro atoms. The maximum absolute atomic E-state index is 13.2. The number of carbonyl (C=O) groups excluding carboxylic acids is 9. The van der Waals surface area contributed by atoms with E-state index in [4.69, 9.17) is 14.2 Å². The number of amidine groups is 3. The van der Waals surface area contributed by atoms with Crippen LogP contribution in [0.2, 0.25) is 0 Å². The minimum Gasteiger partial charge on any atom is -0.497 e. The van der Waals surface area contributed by atoms with E-state index in [2.05, 4.69) is 120 Å². The van der Waals surface area contributed by atoms with Gasteiger partial charge in [-0.05, 0) is 164 Å². The van der Waals surface area contributed by atoms with E-state index in [9.17, 15) is 58.8 Å². The Hall–Kier alpha value is -14.6. The Balaban J connectivity index is 0.000000143. The van der Waals surface area contributed by atoms with Crippen LogP contribution in [-0.4, -0.2) is 274 Å². The molecular weight excluding hydrogens is 1660 g/mol. The number of fused-ring (bicyclic) bond motifs is 3. The minimum atomic E-state index is -1.62. The monoisotopic (exact) mass is 1760 g/mol. The third kappa shape index (κ3) is 19.4. The Labute approximate surface area is 753 Å². The normalized spacial score (nSPS) is 22.0. The number of hydrogen-bond donors (Lipinski definition) is 9. The Morgan fingerprint density at radius 2 is 0.662 bits per heavy atom. The maximum Gasteiger partial charge on any atom is 0.323 e. The lowest BCUT2D eigenvalue weighted by atomic mass is 9.94. The summed E-state index contributed by atoms with van der Waals surface area (Å²) in [5.74, 6) is 18.4. The first-order chi connectivity index (χ1) is 63.2. The van der Waals surface area contributed by atoms with Crippen LogP contribution >= 0.6 is 0 Å². The van der Waals surface area contributed by atoms with Crippen LogP contribution in [0.25, 0.3) is 0 Å². The number of ether oxygens (including phenoxy) is 3. The molecule has 18 rings (SSSR count). The van der Waals surface area contributed by atoms with Crippen LogP contribution in [0.15, 0.2) is 173 Å².